The molecule has 0 N–H and O–H groups in total. The number of halogens is 1. The molecule has 1 heterocycles. The maximum absolute atomic E-state index is 13.4. The third-order valence-electron chi connectivity index (χ3n) is 3.95. The zero-order valence-electron chi connectivity index (χ0n) is 12.5. The predicted molar refractivity (Wildman–Crippen MR) is 83.6 cm³/mol. The number of hydrogen-bond acceptors (Lipinski definition) is 2. The first-order chi connectivity index (χ1) is 10.6. The fourth-order valence-corrected chi connectivity index (χ4v) is 2.83. The average Bonchev–Trinajstić information content (AvgIpc) is 2.54. The topological polar surface area (TPSA) is 29.5 Å². The second-order valence-electron chi connectivity index (χ2n) is 5.53. The molecular weight excluding hydrogens is 281 g/mol. The molecular formula is C18H18FNO2. The molecule has 3 nitrogen and oxygen atoms in total. The van der Waals surface area contributed by atoms with Gasteiger partial charge < -0.3 is 9.64 Å². The molecule has 0 saturated carbocycles. The summed E-state index contributed by atoms with van der Waals surface area (Å²) < 4.78 is 18.9. The van der Waals surface area contributed by atoms with Gasteiger partial charge in [0, 0.05) is 11.7 Å². The molecule has 114 valence electrons. The summed E-state index contributed by atoms with van der Waals surface area (Å²) in [7, 11) is 0. The van der Waals surface area contributed by atoms with Gasteiger partial charge in [0.15, 0.2) is 6.61 Å². The molecule has 0 radical (unpaired) electrons. The minimum absolute atomic E-state index is 0.0226. The van der Waals surface area contributed by atoms with Crippen LogP contribution >= 0.6 is 0 Å². The Balaban J connectivity index is 1.77. The van der Waals surface area contributed by atoms with Crippen LogP contribution in [0.25, 0.3) is 0 Å². The SMILES string of the molecule is C[C@@H]1CCc2cc(F)ccc2N1C(=O)COc1ccccc1. The Bertz CT molecular complexity index is 672. The van der Waals surface area contributed by atoms with E-state index < -0.39 is 0 Å². The second-order valence-corrected chi connectivity index (χ2v) is 5.53. The first-order valence-electron chi connectivity index (χ1n) is 7.43. The van der Waals surface area contributed by atoms with Gasteiger partial charge in [-0.3, -0.25) is 4.79 Å². The number of aryl methyl sites for hydroxylation is 1. The zero-order valence-corrected chi connectivity index (χ0v) is 12.5. The lowest BCUT2D eigenvalue weighted by molar-refractivity contribution is -0.121. The molecule has 1 amide bonds. The van der Waals surface area contributed by atoms with Gasteiger partial charge >= 0.3 is 0 Å². The molecule has 1 aliphatic rings. The number of anilines is 1. The fourth-order valence-electron chi connectivity index (χ4n) is 2.83. The Labute approximate surface area is 129 Å². The van der Waals surface area contributed by atoms with Crippen molar-refractivity contribution in [2.45, 2.75) is 25.8 Å². The maximum atomic E-state index is 13.4. The summed E-state index contributed by atoms with van der Waals surface area (Å²) in [6, 6.07) is 13.9. The summed E-state index contributed by atoms with van der Waals surface area (Å²) in [5.74, 6) is 0.296. The van der Waals surface area contributed by atoms with Crippen molar-refractivity contribution >= 4 is 11.6 Å². The van der Waals surface area contributed by atoms with Crippen LogP contribution in [0.15, 0.2) is 48.5 Å². The van der Waals surface area contributed by atoms with Gasteiger partial charge in [-0.25, -0.2) is 4.39 Å². The van der Waals surface area contributed by atoms with Crippen LogP contribution in [0.4, 0.5) is 10.1 Å². The number of hydrogen-bond donors (Lipinski definition) is 0. The van der Waals surface area contributed by atoms with Gasteiger partial charge in [-0.15, -0.1) is 0 Å². The van der Waals surface area contributed by atoms with Gasteiger partial charge in [-0.2, -0.15) is 0 Å². The molecule has 0 aliphatic carbocycles. The average molecular weight is 299 g/mol. The van der Waals surface area contributed by atoms with Gasteiger partial charge in [0.05, 0.1) is 0 Å². The molecule has 0 bridgehead atoms. The number of carbonyl (C=O) groups excluding carboxylic acids is 1. The minimum Gasteiger partial charge on any atom is -0.484 e. The van der Waals surface area contributed by atoms with E-state index in [9.17, 15) is 9.18 Å². The lowest BCUT2D eigenvalue weighted by Crippen LogP contribution is -2.44. The maximum Gasteiger partial charge on any atom is 0.265 e. The largest absolute Gasteiger partial charge is 0.484 e. The smallest absolute Gasteiger partial charge is 0.265 e. The zero-order chi connectivity index (χ0) is 15.5. The van der Waals surface area contributed by atoms with Crippen LogP contribution in [-0.4, -0.2) is 18.6 Å². The Kier molecular flexibility index (Phi) is 4.09. The van der Waals surface area contributed by atoms with Crippen molar-refractivity contribution in [2.24, 2.45) is 0 Å². The summed E-state index contributed by atoms with van der Waals surface area (Å²) in [5.41, 5.74) is 1.67. The van der Waals surface area contributed by atoms with Crippen molar-refractivity contribution in [2.75, 3.05) is 11.5 Å². The summed E-state index contributed by atoms with van der Waals surface area (Å²) in [6.07, 6.45) is 1.62. The van der Waals surface area contributed by atoms with Crippen molar-refractivity contribution < 1.29 is 13.9 Å². The van der Waals surface area contributed by atoms with Gasteiger partial charge in [0.25, 0.3) is 5.91 Å². The van der Waals surface area contributed by atoms with E-state index in [2.05, 4.69) is 0 Å². The first-order valence-corrected chi connectivity index (χ1v) is 7.43. The lowest BCUT2D eigenvalue weighted by atomic mass is 9.96. The van der Waals surface area contributed by atoms with E-state index >= 15 is 0 Å². The fraction of sp³-hybridized carbons (Fsp3) is 0.278. The molecule has 0 aromatic heterocycles. The summed E-state index contributed by atoms with van der Waals surface area (Å²) in [5, 5.41) is 0. The van der Waals surface area contributed by atoms with Crippen molar-refractivity contribution in [3.05, 3.63) is 59.9 Å². The highest BCUT2D eigenvalue weighted by molar-refractivity contribution is 5.96. The predicted octanol–water partition coefficient (Wildman–Crippen LogP) is 3.57. The van der Waals surface area contributed by atoms with Crippen LogP contribution in [0.2, 0.25) is 0 Å². The van der Waals surface area contributed by atoms with Gasteiger partial charge in [0.1, 0.15) is 11.6 Å². The Hall–Kier alpha value is -2.36. The van der Waals surface area contributed by atoms with Gasteiger partial charge in [0.2, 0.25) is 0 Å². The standard InChI is InChI=1S/C18H18FNO2/c1-13-7-8-14-11-15(19)9-10-17(14)20(13)18(21)12-22-16-5-3-2-4-6-16/h2-6,9-11,13H,7-8,12H2,1H3/t13-/m1/s1. The Morgan fingerprint density at radius 2 is 2.05 bits per heavy atom. The molecule has 0 spiro atoms. The third kappa shape index (κ3) is 2.96. The molecule has 1 atom stereocenters. The molecule has 1 aliphatic heterocycles. The van der Waals surface area contributed by atoms with E-state index in [0.29, 0.717) is 5.75 Å². The quantitative estimate of drug-likeness (QED) is 0.867. The van der Waals surface area contributed by atoms with Crippen molar-refractivity contribution in [1.82, 2.24) is 0 Å². The van der Waals surface area contributed by atoms with E-state index in [1.807, 2.05) is 37.3 Å². The molecule has 0 saturated heterocycles. The second kappa shape index (κ2) is 6.18. The first kappa shape index (κ1) is 14.6. The van der Waals surface area contributed by atoms with Crippen molar-refractivity contribution in [3.63, 3.8) is 0 Å². The number of fused-ring (bicyclic) bond motifs is 1. The van der Waals surface area contributed by atoms with Crippen LogP contribution in [0.5, 0.6) is 5.75 Å². The number of carbonyl (C=O) groups is 1. The van der Waals surface area contributed by atoms with E-state index in [1.165, 1.54) is 12.1 Å². The molecule has 22 heavy (non-hydrogen) atoms. The van der Waals surface area contributed by atoms with Gasteiger partial charge in [-0.05, 0) is 55.7 Å². The van der Waals surface area contributed by atoms with E-state index in [0.717, 1.165) is 24.1 Å². The number of rotatable bonds is 3. The Morgan fingerprint density at radius 1 is 1.27 bits per heavy atom. The van der Waals surface area contributed by atoms with E-state index in [4.69, 9.17) is 4.74 Å². The van der Waals surface area contributed by atoms with Crippen molar-refractivity contribution in [3.8, 4) is 5.75 Å². The highest BCUT2D eigenvalue weighted by Crippen LogP contribution is 2.31. The van der Waals surface area contributed by atoms with E-state index in [-0.39, 0.29) is 24.4 Å². The van der Waals surface area contributed by atoms with E-state index in [1.54, 1.807) is 11.0 Å². The highest BCUT2D eigenvalue weighted by atomic mass is 19.1. The number of benzene rings is 2. The Morgan fingerprint density at radius 3 is 2.82 bits per heavy atom. The van der Waals surface area contributed by atoms with Crippen LogP contribution in [0, 0.1) is 5.82 Å². The number of amides is 1. The highest BCUT2D eigenvalue weighted by Gasteiger charge is 2.28. The normalized spacial score (nSPS) is 17.0. The monoisotopic (exact) mass is 299 g/mol. The van der Waals surface area contributed by atoms with Crippen LogP contribution in [0.3, 0.4) is 0 Å². The summed E-state index contributed by atoms with van der Waals surface area (Å²) in [6.45, 7) is 1.98. The molecule has 2 aromatic rings. The van der Waals surface area contributed by atoms with Crippen LogP contribution in [-0.2, 0) is 11.2 Å². The van der Waals surface area contributed by atoms with Crippen molar-refractivity contribution in [1.29, 1.82) is 0 Å². The lowest BCUT2D eigenvalue weighted by Gasteiger charge is -2.35. The summed E-state index contributed by atoms with van der Waals surface area (Å²) in [4.78, 5) is 14.3. The number of para-hydroxylation sites is 1. The summed E-state index contributed by atoms with van der Waals surface area (Å²) >= 11 is 0. The molecule has 0 unspecified atom stereocenters. The third-order valence-corrected chi connectivity index (χ3v) is 3.95. The number of nitrogens with zero attached hydrogens (tertiary/aromatic N) is 1. The molecule has 2 aromatic carbocycles. The molecule has 4 heteroatoms. The number of ether oxygens (including phenoxy) is 1. The van der Waals surface area contributed by atoms with Crippen LogP contribution in [0.1, 0.15) is 18.9 Å². The minimum atomic E-state index is -0.263. The molecule has 0 fully saturated rings. The van der Waals surface area contributed by atoms with Gasteiger partial charge in [-0.1, -0.05) is 18.2 Å². The van der Waals surface area contributed by atoms with Crippen LogP contribution < -0.4 is 9.64 Å². The molecule has 3 rings (SSSR count).